The maximum absolute atomic E-state index is 12.7. The Morgan fingerprint density at radius 3 is 2.17 bits per heavy atom. The lowest BCUT2D eigenvalue weighted by molar-refractivity contribution is -0.144. The van der Waals surface area contributed by atoms with E-state index in [1.807, 2.05) is 24.3 Å². The first-order chi connectivity index (χ1) is 16.9. The van der Waals surface area contributed by atoms with Gasteiger partial charge in [-0.25, -0.2) is 9.59 Å². The summed E-state index contributed by atoms with van der Waals surface area (Å²) in [5, 5.41) is 14.9. The number of nitrogens with one attached hydrogen (secondary N) is 2. The van der Waals surface area contributed by atoms with Gasteiger partial charge in [-0.15, -0.1) is 0 Å². The second-order valence-electron chi connectivity index (χ2n) is 9.27. The number of rotatable bonds is 7. The first kappa shape index (κ1) is 22.7. The molecule has 7 nitrogen and oxygen atoms in total. The summed E-state index contributed by atoms with van der Waals surface area (Å²) in [5.74, 6) is -1.69. The minimum atomic E-state index is -1.31. The van der Waals surface area contributed by atoms with Crippen LogP contribution in [-0.4, -0.2) is 35.2 Å². The van der Waals surface area contributed by atoms with E-state index in [4.69, 9.17) is 4.74 Å². The normalized spacial score (nSPS) is 15.9. The van der Waals surface area contributed by atoms with Crippen LogP contribution in [0.1, 0.15) is 47.2 Å². The number of carboxylic acids is 1. The summed E-state index contributed by atoms with van der Waals surface area (Å²) in [6.07, 6.45) is 0.914. The number of benzene rings is 3. The van der Waals surface area contributed by atoms with Gasteiger partial charge in [0.05, 0.1) is 0 Å². The first-order valence-corrected chi connectivity index (χ1v) is 11.6. The second kappa shape index (κ2) is 8.91. The van der Waals surface area contributed by atoms with E-state index in [-0.39, 0.29) is 24.0 Å². The lowest BCUT2D eigenvalue weighted by Gasteiger charge is -2.26. The van der Waals surface area contributed by atoms with E-state index in [2.05, 4.69) is 34.9 Å². The van der Waals surface area contributed by atoms with Crippen LogP contribution in [0.25, 0.3) is 11.1 Å². The molecule has 1 fully saturated rings. The third kappa shape index (κ3) is 4.37. The van der Waals surface area contributed by atoms with Gasteiger partial charge in [0.1, 0.15) is 12.1 Å². The Hall–Kier alpha value is -4.13. The highest BCUT2D eigenvalue weighted by molar-refractivity contribution is 5.99. The van der Waals surface area contributed by atoms with Crippen molar-refractivity contribution in [2.75, 3.05) is 11.9 Å². The Morgan fingerprint density at radius 2 is 1.57 bits per heavy atom. The van der Waals surface area contributed by atoms with Gasteiger partial charge in [-0.1, -0.05) is 54.6 Å². The van der Waals surface area contributed by atoms with E-state index < -0.39 is 23.5 Å². The monoisotopic (exact) mass is 470 g/mol. The van der Waals surface area contributed by atoms with Crippen LogP contribution in [0, 0.1) is 5.92 Å². The van der Waals surface area contributed by atoms with Gasteiger partial charge in [0.15, 0.2) is 0 Å². The second-order valence-corrected chi connectivity index (χ2v) is 9.27. The fourth-order valence-electron chi connectivity index (χ4n) is 4.79. The molecule has 2 amide bonds. The molecule has 2 aliphatic carbocycles. The van der Waals surface area contributed by atoms with E-state index in [0.717, 1.165) is 35.1 Å². The highest BCUT2D eigenvalue weighted by Gasteiger charge is 2.48. The van der Waals surface area contributed by atoms with E-state index in [1.165, 1.54) is 13.0 Å². The zero-order chi connectivity index (χ0) is 24.6. The van der Waals surface area contributed by atoms with Crippen molar-refractivity contribution in [2.24, 2.45) is 5.92 Å². The average Bonchev–Trinajstić information content (AvgIpc) is 3.66. The van der Waals surface area contributed by atoms with Gasteiger partial charge in [-0.2, -0.15) is 0 Å². The molecule has 0 spiro atoms. The Balaban J connectivity index is 1.24. The Bertz CT molecular complexity index is 1270. The summed E-state index contributed by atoms with van der Waals surface area (Å²) in [6.45, 7) is 1.71. The molecule has 0 heterocycles. The standard InChI is InChI=1S/C28H26N2O5/c1-28(26(32)33,18-13-14-18)30-25(31)17-7-6-8-19(15-17)29-27(34)35-16-24-22-11-4-2-9-20(22)21-10-3-5-12-23(21)24/h2-12,15,18,24H,13-14,16H2,1H3,(H,29,34)(H,30,31)(H,32,33). The Morgan fingerprint density at radius 1 is 0.943 bits per heavy atom. The summed E-state index contributed by atoms with van der Waals surface area (Å²) in [4.78, 5) is 37.1. The van der Waals surface area contributed by atoms with Gasteiger partial charge >= 0.3 is 12.1 Å². The van der Waals surface area contributed by atoms with Crippen molar-refractivity contribution in [3.63, 3.8) is 0 Å². The topological polar surface area (TPSA) is 105 Å². The number of ether oxygens (including phenoxy) is 1. The molecule has 3 N–H and O–H groups in total. The quantitative estimate of drug-likeness (QED) is 0.449. The van der Waals surface area contributed by atoms with Gasteiger partial charge in [-0.3, -0.25) is 10.1 Å². The molecular formula is C28H26N2O5. The van der Waals surface area contributed by atoms with Crippen molar-refractivity contribution in [3.05, 3.63) is 89.5 Å². The summed E-state index contributed by atoms with van der Waals surface area (Å²) in [6, 6.07) is 22.6. The maximum atomic E-state index is 12.7. The maximum Gasteiger partial charge on any atom is 0.411 e. The molecule has 0 radical (unpaired) electrons. The van der Waals surface area contributed by atoms with Gasteiger partial charge < -0.3 is 15.2 Å². The van der Waals surface area contributed by atoms with Gasteiger partial charge in [0.25, 0.3) is 5.91 Å². The third-order valence-corrected chi connectivity index (χ3v) is 6.93. The number of fused-ring (bicyclic) bond motifs is 3. The summed E-state index contributed by atoms with van der Waals surface area (Å²) in [5.41, 5.74) is 3.88. The summed E-state index contributed by atoms with van der Waals surface area (Å²) < 4.78 is 5.57. The van der Waals surface area contributed by atoms with Crippen molar-refractivity contribution < 1.29 is 24.2 Å². The van der Waals surface area contributed by atoms with Crippen LogP contribution in [0.15, 0.2) is 72.8 Å². The minimum Gasteiger partial charge on any atom is -0.480 e. The van der Waals surface area contributed by atoms with Crippen molar-refractivity contribution in [3.8, 4) is 11.1 Å². The molecule has 0 aliphatic heterocycles. The molecule has 0 bridgehead atoms. The number of hydrogen-bond donors (Lipinski definition) is 3. The molecule has 1 unspecified atom stereocenters. The number of amides is 2. The number of anilines is 1. The summed E-state index contributed by atoms with van der Waals surface area (Å²) >= 11 is 0. The van der Waals surface area contributed by atoms with E-state index in [0.29, 0.717) is 5.69 Å². The van der Waals surface area contributed by atoms with Gasteiger partial charge in [0, 0.05) is 17.2 Å². The lowest BCUT2D eigenvalue weighted by Crippen LogP contribution is -2.54. The molecule has 3 aromatic rings. The zero-order valence-electron chi connectivity index (χ0n) is 19.3. The van der Waals surface area contributed by atoms with Gasteiger partial charge in [-0.05, 0) is 66.1 Å². The van der Waals surface area contributed by atoms with Crippen LogP contribution in [0.2, 0.25) is 0 Å². The van der Waals surface area contributed by atoms with Crippen molar-refractivity contribution >= 4 is 23.7 Å². The predicted molar refractivity (Wildman–Crippen MR) is 131 cm³/mol. The minimum absolute atomic E-state index is 0.0543. The molecule has 7 heteroatoms. The molecule has 178 valence electrons. The van der Waals surface area contributed by atoms with Crippen LogP contribution in [0.3, 0.4) is 0 Å². The Labute approximate surface area is 203 Å². The number of carbonyl (C=O) groups is 3. The fourth-order valence-corrected chi connectivity index (χ4v) is 4.79. The molecule has 0 aromatic heterocycles. The number of carboxylic acid groups (broad SMARTS) is 1. The molecule has 1 saturated carbocycles. The molecule has 2 aliphatic rings. The predicted octanol–water partition coefficient (Wildman–Crippen LogP) is 5.03. The molecular weight excluding hydrogens is 444 g/mol. The average molecular weight is 471 g/mol. The Kier molecular flexibility index (Phi) is 5.76. The smallest absolute Gasteiger partial charge is 0.411 e. The number of aliphatic carboxylic acids is 1. The van der Waals surface area contributed by atoms with Crippen LogP contribution < -0.4 is 10.6 Å². The van der Waals surface area contributed by atoms with Crippen LogP contribution >= 0.6 is 0 Å². The summed E-state index contributed by atoms with van der Waals surface area (Å²) in [7, 11) is 0. The molecule has 35 heavy (non-hydrogen) atoms. The highest BCUT2D eigenvalue weighted by Crippen LogP contribution is 2.44. The van der Waals surface area contributed by atoms with Crippen LogP contribution in [-0.2, 0) is 9.53 Å². The van der Waals surface area contributed by atoms with E-state index >= 15 is 0 Å². The lowest BCUT2D eigenvalue weighted by atomic mass is 9.95. The molecule has 1 atom stereocenters. The van der Waals surface area contributed by atoms with Crippen LogP contribution in [0.5, 0.6) is 0 Å². The SMILES string of the molecule is CC(NC(=O)c1cccc(NC(=O)OCC2c3ccccc3-c3ccccc32)c1)(C(=O)O)C1CC1. The van der Waals surface area contributed by atoms with Gasteiger partial charge in [0.2, 0.25) is 0 Å². The first-order valence-electron chi connectivity index (χ1n) is 11.6. The highest BCUT2D eigenvalue weighted by atomic mass is 16.5. The third-order valence-electron chi connectivity index (χ3n) is 6.93. The fraction of sp³-hybridized carbons (Fsp3) is 0.250. The largest absolute Gasteiger partial charge is 0.480 e. The van der Waals surface area contributed by atoms with Crippen molar-refractivity contribution in [1.82, 2.24) is 5.32 Å². The van der Waals surface area contributed by atoms with Crippen molar-refractivity contribution in [2.45, 2.75) is 31.2 Å². The van der Waals surface area contributed by atoms with E-state index in [9.17, 15) is 19.5 Å². The zero-order valence-corrected chi connectivity index (χ0v) is 19.3. The van der Waals surface area contributed by atoms with Crippen LogP contribution in [0.4, 0.5) is 10.5 Å². The molecule has 0 saturated heterocycles. The molecule has 3 aromatic carbocycles. The number of carbonyl (C=O) groups excluding carboxylic acids is 2. The number of hydrogen-bond acceptors (Lipinski definition) is 4. The van der Waals surface area contributed by atoms with E-state index in [1.54, 1.807) is 18.2 Å². The van der Waals surface area contributed by atoms with Crippen molar-refractivity contribution in [1.29, 1.82) is 0 Å². The molecule has 5 rings (SSSR count).